The van der Waals surface area contributed by atoms with Crippen LogP contribution in [-0.4, -0.2) is 21.3 Å². The van der Waals surface area contributed by atoms with Crippen molar-refractivity contribution in [1.29, 1.82) is 0 Å². The third-order valence-corrected chi connectivity index (χ3v) is 6.49. The van der Waals surface area contributed by atoms with E-state index in [9.17, 15) is 9.59 Å². The number of thiophene rings is 1. The van der Waals surface area contributed by atoms with Gasteiger partial charge in [0, 0.05) is 12.2 Å². The van der Waals surface area contributed by atoms with Gasteiger partial charge in [0.25, 0.3) is 11.5 Å². The smallest absolute Gasteiger partial charge is 0.266 e. The number of nitrogens with zero attached hydrogens (tertiary/aromatic N) is 2. The largest absolute Gasteiger partial charge is 0.348 e. The van der Waals surface area contributed by atoms with Gasteiger partial charge in [0.1, 0.15) is 10.5 Å². The van der Waals surface area contributed by atoms with Crippen molar-refractivity contribution in [3.63, 3.8) is 0 Å². The molecule has 3 aromatic heterocycles. The summed E-state index contributed by atoms with van der Waals surface area (Å²) < 4.78 is 1.52. The molecule has 4 rings (SSSR count). The van der Waals surface area contributed by atoms with Crippen LogP contribution in [0.15, 0.2) is 35.3 Å². The molecule has 1 fully saturated rings. The number of pyridine rings is 1. The van der Waals surface area contributed by atoms with Gasteiger partial charge >= 0.3 is 0 Å². The standard InChI is InChI=1S/C19H21N3O2S/c1-11-6-5-7-14(12(11)2)20-17(23)15-10-13-18(25-15)21-16-8-3-4-9-22(16)19(13)24/h3-4,8-12,14H,5-7H2,1-2H3,(H,20,23)/t11-,12-,14+/m1/s1. The lowest BCUT2D eigenvalue weighted by Gasteiger charge is -2.34. The molecular formula is C19H21N3O2S. The highest BCUT2D eigenvalue weighted by Crippen LogP contribution is 2.30. The van der Waals surface area contributed by atoms with E-state index in [1.54, 1.807) is 24.4 Å². The van der Waals surface area contributed by atoms with Gasteiger partial charge in [-0.3, -0.25) is 14.0 Å². The second-order valence-electron chi connectivity index (χ2n) is 7.02. The topological polar surface area (TPSA) is 63.5 Å². The van der Waals surface area contributed by atoms with Crippen molar-refractivity contribution < 1.29 is 4.79 Å². The molecule has 5 nitrogen and oxygen atoms in total. The van der Waals surface area contributed by atoms with Gasteiger partial charge in [-0.15, -0.1) is 11.3 Å². The van der Waals surface area contributed by atoms with Crippen molar-refractivity contribution in [2.45, 2.75) is 39.2 Å². The first-order chi connectivity index (χ1) is 12.0. The van der Waals surface area contributed by atoms with Crippen molar-refractivity contribution in [2.75, 3.05) is 0 Å². The van der Waals surface area contributed by atoms with Crippen LogP contribution in [0.3, 0.4) is 0 Å². The molecule has 0 spiro atoms. The summed E-state index contributed by atoms with van der Waals surface area (Å²) in [7, 11) is 0. The van der Waals surface area contributed by atoms with Gasteiger partial charge in [-0.2, -0.15) is 0 Å². The van der Waals surface area contributed by atoms with Crippen molar-refractivity contribution in [3.05, 3.63) is 45.7 Å². The highest BCUT2D eigenvalue weighted by Gasteiger charge is 2.29. The predicted octanol–water partition coefficient (Wildman–Crippen LogP) is 3.46. The zero-order chi connectivity index (χ0) is 17.6. The fourth-order valence-electron chi connectivity index (χ4n) is 3.69. The number of nitrogens with one attached hydrogen (secondary N) is 1. The summed E-state index contributed by atoms with van der Waals surface area (Å²) in [6.07, 6.45) is 5.10. The maximum Gasteiger partial charge on any atom is 0.266 e. The number of carbonyl (C=O) groups is 1. The Morgan fingerprint density at radius 2 is 2.16 bits per heavy atom. The molecule has 0 unspecified atom stereocenters. The van der Waals surface area contributed by atoms with Gasteiger partial charge in [0.05, 0.1) is 10.3 Å². The van der Waals surface area contributed by atoms with E-state index in [-0.39, 0.29) is 17.5 Å². The molecule has 0 radical (unpaired) electrons. The van der Waals surface area contributed by atoms with Crippen LogP contribution < -0.4 is 10.9 Å². The summed E-state index contributed by atoms with van der Waals surface area (Å²) in [5, 5.41) is 3.68. The average molecular weight is 355 g/mol. The second-order valence-corrected chi connectivity index (χ2v) is 8.05. The van der Waals surface area contributed by atoms with Crippen LogP contribution in [0.25, 0.3) is 15.9 Å². The minimum Gasteiger partial charge on any atom is -0.348 e. The fourth-order valence-corrected chi connectivity index (χ4v) is 4.62. The number of amides is 1. The zero-order valence-corrected chi connectivity index (χ0v) is 15.2. The van der Waals surface area contributed by atoms with Crippen molar-refractivity contribution in [1.82, 2.24) is 14.7 Å². The van der Waals surface area contributed by atoms with E-state index in [1.807, 2.05) is 6.07 Å². The first-order valence-corrected chi connectivity index (χ1v) is 9.58. The lowest BCUT2D eigenvalue weighted by atomic mass is 9.78. The number of aromatic nitrogens is 2. The van der Waals surface area contributed by atoms with Crippen molar-refractivity contribution in [2.24, 2.45) is 11.8 Å². The maximum atomic E-state index is 12.7. The van der Waals surface area contributed by atoms with Crippen LogP contribution >= 0.6 is 11.3 Å². The Morgan fingerprint density at radius 1 is 1.32 bits per heavy atom. The van der Waals surface area contributed by atoms with Crippen LogP contribution in [-0.2, 0) is 0 Å². The van der Waals surface area contributed by atoms with Crippen LogP contribution in [0, 0.1) is 11.8 Å². The van der Waals surface area contributed by atoms with E-state index in [2.05, 4.69) is 24.1 Å². The van der Waals surface area contributed by atoms with Crippen LogP contribution in [0.4, 0.5) is 0 Å². The van der Waals surface area contributed by atoms with Crippen LogP contribution in [0.5, 0.6) is 0 Å². The van der Waals surface area contributed by atoms with Gasteiger partial charge < -0.3 is 5.32 Å². The molecule has 0 saturated heterocycles. The lowest BCUT2D eigenvalue weighted by Crippen LogP contribution is -2.43. The molecule has 6 heteroatoms. The minimum absolute atomic E-state index is 0.0950. The minimum atomic E-state index is -0.129. The Labute approximate surface area is 149 Å². The zero-order valence-electron chi connectivity index (χ0n) is 14.4. The normalized spacial score (nSPS) is 23.8. The third kappa shape index (κ3) is 2.84. The van der Waals surface area contributed by atoms with E-state index in [1.165, 1.54) is 22.2 Å². The van der Waals surface area contributed by atoms with E-state index >= 15 is 0 Å². The molecule has 0 bridgehead atoms. The number of fused-ring (bicyclic) bond motifs is 2. The molecular weight excluding hydrogens is 334 g/mol. The highest BCUT2D eigenvalue weighted by atomic mass is 32.1. The SMILES string of the molecule is C[C@@H]1[C@H](C)CCC[C@@H]1NC(=O)c1cc2c(=O)n3ccccc3nc2s1. The van der Waals surface area contributed by atoms with E-state index in [0.29, 0.717) is 32.6 Å². The van der Waals surface area contributed by atoms with Gasteiger partial charge in [0.2, 0.25) is 0 Å². The average Bonchev–Trinajstić information content (AvgIpc) is 3.04. The first-order valence-electron chi connectivity index (χ1n) is 8.76. The Balaban J connectivity index is 1.67. The molecule has 1 N–H and O–H groups in total. The molecule has 1 saturated carbocycles. The van der Waals surface area contributed by atoms with Gasteiger partial charge in [-0.25, -0.2) is 4.98 Å². The molecule has 3 atom stereocenters. The molecule has 3 heterocycles. The molecule has 130 valence electrons. The summed E-state index contributed by atoms with van der Waals surface area (Å²) in [5.41, 5.74) is 0.471. The number of carbonyl (C=O) groups excluding carboxylic acids is 1. The lowest BCUT2D eigenvalue weighted by molar-refractivity contribution is 0.0895. The number of hydrogen-bond acceptors (Lipinski definition) is 4. The molecule has 1 amide bonds. The quantitative estimate of drug-likeness (QED) is 0.766. The Kier molecular flexibility index (Phi) is 4.07. The molecule has 0 aromatic carbocycles. The summed E-state index contributed by atoms with van der Waals surface area (Å²) >= 11 is 1.29. The summed E-state index contributed by atoms with van der Waals surface area (Å²) in [6, 6.07) is 7.33. The Morgan fingerprint density at radius 3 is 3.00 bits per heavy atom. The summed E-state index contributed by atoms with van der Waals surface area (Å²) in [5.74, 6) is 0.999. The van der Waals surface area contributed by atoms with E-state index in [4.69, 9.17) is 0 Å². The van der Waals surface area contributed by atoms with Crippen LogP contribution in [0.1, 0.15) is 42.8 Å². The van der Waals surface area contributed by atoms with Gasteiger partial charge in [0.15, 0.2) is 0 Å². The van der Waals surface area contributed by atoms with Gasteiger partial charge in [-0.05, 0) is 36.5 Å². The van der Waals surface area contributed by atoms with E-state index in [0.717, 1.165) is 12.8 Å². The predicted molar refractivity (Wildman–Crippen MR) is 100 cm³/mol. The molecule has 3 aromatic rings. The second kappa shape index (κ2) is 6.26. The first kappa shape index (κ1) is 16.3. The molecule has 0 aliphatic heterocycles. The van der Waals surface area contributed by atoms with Crippen molar-refractivity contribution >= 4 is 33.1 Å². The molecule has 1 aliphatic rings. The van der Waals surface area contributed by atoms with E-state index < -0.39 is 0 Å². The maximum absolute atomic E-state index is 12.7. The molecule has 25 heavy (non-hydrogen) atoms. The third-order valence-electron chi connectivity index (χ3n) is 5.46. The summed E-state index contributed by atoms with van der Waals surface area (Å²) in [6.45, 7) is 4.46. The van der Waals surface area contributed by atoms with Crippen LogP contribution in [0.2, 0.25) is 0 Å². The Hall–Kier alpha value is -2.21. The summed E-state index contributed by atoms with van der Waals surface area (Å²) in [4.78, 5) is 31.0. The molecule has 1 aliphatic carbocycles. The Bertz CT molecular complexity index is 1010. The highest BCUT2D eigenvalue weighted by molar-refractivity contribution is 7.20. The number of rotatable bonds is 2. The monoisotopic (exact) mass is 355 g/mol. The number of hydrogen-bond donors (Lipinski definition) is 1. The van der Waals surface area contributed by atoms with Gasteiger partial charge in [-0.1, -0.05) is 32.8 Å². The fraction of sp³-hybridized carbons (Fsp3) is 0.421. The van der Waals surface area contributed by atoms with Crippen molar-refractivity contribution in [3.8, 4) is 0 Å².